The summed E-state index contributed by atoms with van der Waals surface area (Å²) >= 11 is 0. The van der Waals surface area contributed by atoms with Crippen LogP contribution in [0.15, 0.2) is 18.3 Å². The van der Waals surface area contributed by atoms with Crippen molar-refractivity contribution < 1.29 is 9.47 Å². The van der Waals surface area contributed by atoms with Crippen LogP contribution in [-0.2, 0) is 11.3 Å². The fraction of sp³-hybridized carbons (Fsp3) is 0.688. The summed E-state index contributed by atoms with van der Waals surface area (Å²) in [5, 5.41) is 0. The van der Waals surface area contributed by atoms with Gasteiger partial charge in [0.15, 0.2) is 0 Å². The first-order chi connectivity index (χ1) is 10.2. The van der Waals surface area contributed by atoms with Crippen LogP contribution in [0.4, 0.5) is 0 Å². The van der Waals surface area contributed by atoms with Crippen molar-refractivity contribution in [2.75, 3.05) is 53.6 Å². The van der Waals surface area contributed by atoms with Gasteiger partial charge < -0.3 is 14.4 Å². The Balaban J connectivity index is 1.72. The predicted octanol–water partition coefficient (Wildman–Crippen LogP) is 1.24. The molecule has 3 heterocycles. The minimum atomic E-state index is 0.292. The predicted molar refractivity (Wildman–Crippen MR) is 81.4 cm³/mol. The molecule has 2 saturated heterocycles. The molecule has 0 bridgehead atoms. The summed E-state index contributed by atoms with van der Waals surface area (Å²) < 4.78 is 11.3. The number of nitrogens with zero attached hydrogens (tertiary/aromatic N) is 3. The minimum absolute atomic E-state index is 0.292. The first-order valence-electron chi connectivity index (χ1n) is 7.67. The van der Waals surface area contributed by atoms with E-state index in [1.54, 1.807) is 13.3 Å². The van der Waals surface area contributed by atoms with Crippen LogP contribution in [0.3, 0.4) is 0 Å². The maximum atomic E-state index is 5.89. The molecule has 0 saturated carbocycles. The Bertz CT molecular complexity index is 482. The first kappa shape index (κ1) is 14.8. The number of aromatic nitrogens is 1. The van der Waals surface area contributed by atoms with Gasteiger partial charge in [-0.1, -0.05) is 6.07 Å². The van der Waals surface area contributed by atoms with E-state index in [1.807, 2.05) is 6.07 Å². The van der Waals surface area contributed by atoms with Crippen LogP contribution in [0, 0.1) is 5.41 Å². The summed E-state index contributed by atoms with van der Waals surface area (Å²) in [6, 6.07) is 4.08. The van der Waals surface area contributed by atoms with Gasteiger partial charge in [0.25, 0.3) is 0 Å². The molecule has 0 amide bonds. The molecule has 2 aliphatic heterocycles. The summed E-state index contributed by atoms with van der Waals surface area (Å²) in [4.78, 5) is 9.20. The highest BCUT2D eigenvalue weighted by molar-refractivity contribution is 5.25. The average Bonchev–Trinajstić information content (AvgIpc) is 2.73. The molecular formula is C16H25N3O2. The van der Waals surface area contributed by atoms with Crippen LogP contribution in [0.2, 0.25) is 0 Å². The quantitative estimate of drug-likeness (QED) is 0.838. The molecule has 5 heteroatoms. The van der Waals surface area contributed by atoms with Crippen LogP contribution in [0.5, 0.6) is 5.88 Å². The number of hydrogen-bond donors (Lipinski definition) is 0. The van der Waals surface area contributed by atoms with Crippen molar-refractivity contribution in [3.8, 4) is 5.88 Å². The molecule has 116 valence electrons. The Labute approximate surface area is 126 Å². The van der Waals surface area contributed by atoms with Crippen molar-refractivity contribution in [3.05, 3.63) is 23.9 Å². The maximum Gasteiger partial charge on any atom is 0.217 e. The zero-order valence-electron chi connectivity index (χ0n) is 13.0. The van der Waals surface area contributed by atoms with E-state index in [4.69, 9.17) is 9.47 Å². The molecule has 21 heavy (non-hydrogen) atoms. The first-order valence-corrected chi connectivity index (χ1v) is 7.67. The van der Waals surface area contributed by atoms with Crippen molar-refractivity contribution in [1.29, 1.82) is 0 Å². The summed E-state index contributed by atoms with van der Waals surface area (Å²) in [5.74, 6) is 0.736. The van der Waals surface area contributed by atoms with Gasteiger partial charge in [-0.2, -0.15) is 0 Å². The molecule has 1 atom stereocenters. The molecule has 1 aromatic rings. The van der Waals surface area contributed by atoms with E-state index in [-0.39, 0.29) is 0 Å². The monoisotopic (exact) mass is 291 g/mol. The van der Waals surface area contributed by atoms with Gasteiger partial charge in [0.2, 0.25) is 5.88 Å². The SMILES string of the molecule is COc1ncccc1CN1CCOC[C@]2(CCN(C)C2)C1. The lowest BCUT2D eigenvalue weighted by Gasteiger charge is -2.31. The Morgan fingerprint density at radius 1 is 1.38 bits per heavy atom. The molecule has 2 aliphatic rings. The van der Waals surface area contributed by atoms with Gasteiger partial charge in [-0.05, 0) is 26.1 Å². The summed E-state index contributed by atoms with van der Waals surface area (Å²) in [6.07, 6.45) is 3.01. The van der Waals surface area contributed by atoms with E-state index in [0.29, 0.717) is 5.41 Å². The van der Waals surface area contributed by atoms with Gasteiger partial charge in [-0.25, -0.2) is 4.98 Å². The van der Waals surface area contributed by atoms with E-state index in [1.165, 1.54) is 13.0 Å². The standard InChI is InChI=1S/C16H25N3O2/c1-18-7-5-16(11-18)12-19(8-9-21-13-16)10-14-4-3-6-17-15(14)20-2/h3-4,6H,5,7-13H2,1-2H3/t16-/m0/s1. The second-order valence-electron chi connectivity index (χ2n) is 6.42. The van der Waals surface area contributed by atoms with Crippen molar-refractivity contribution in [1.82, 2.24) is 14.8 Å². The molecule has 3 rings (SSSR count). The maximum absolute atomic E-state index is 5.89. The summed E-state index contributed by atoms with van der Waals surface area (Å²) in [7, 11) is 3.89. The highest BCUT2D eigenvalue weighted by Gasteiger charge is 2.39. The van der Waals surface area contributed by atoms with Gasteiger partial charge in [-0.3, -0.25) is 4.90 Å². The van der Waals surface area contributed by atoms with E-state index in [2.05, 4.69) is 27.9 Å². The number of methoxy groups -OCH3 is 1. The van der Waals surface area contributed by atoms with Gasteiger partial charge in [0.05, 0.1) is 20.3 Å². The zero-order valence-corrected chi connectivity index (χ0v) is 13.0. The molecule has 5 nitrogen and oxygen atoms in total. The van der Waals surface area contributed by atoms with Crippen LogP contribution in [0.25, 0.3) is 0 Å². The third kappa shape index (κ3) is 3.36. The lowest BCUT2D eigenvalue weighted by molar-refractivity contribution is 0.0730. The molecule has 0 N–H and O–H groups in total. The lowest BCUT2D eigenvalue weighted by Crippen LogP contribution is -2.40. The van der Waals surface area contributed by atoms with Gasteiger partial charge in [-0.15, -0.1) is 0 Å². The van der Waals surface area contributed by atoms with Gasteiger partial charge in [0, 0.05) is 43.4 Å². The highest BCUT2D eigenvalue weighted by atomic mass is 16.5. The molecule has 0 aromatic carbocycles. The summed E-state index contributed by atoms with van der Waals surface area (Å²) in [6.45, 7) is 6.96. The number of hydrogen-bond acceptors (Lipinski definition) is 5. The Hall–Kier alpha value is -1.17. The zero-order chi connectivity index (χ0) is 14.7. The normalized spacial score (nSPS) is 27.9. The van der Waals surface area contributed by atoms with Crippen molar-refractivity contribution >= 4 is 0 Å². The fourth-order valence-electron chi connectivity index (χ4n) is 3.59. The second kappa shape index (κ2) is 6.30. The van der Waals surface area contributed by atoms with E-state index in [0.717, 1.165) is 50.8 Å². The van der Waals surface area contributed by atoms with E-state index in [9.17, 15) is 0 Å². The third-order valence-electron chi connectivity index (χ3n) is 4.59. The number of pyridine rings is 1. The molecule has 2 fully saturated rings. The second-order valence-corrected chi connectivity index (χ2v) is 6.42. The summed E-state index contributed by atoms with van der Waals surface area (Å²) in [5.41, 5.74) is 1.45. The van der Waals surface area contributed by atoms with Crippen LogP contribution in [-0.4, -0.2) is 68.3 Å². The van der Waals surface area contributed by atoms with E-state index >= 15 is 0 Å². The number of likely N-dealkylation sites (tertiary alicyclic amines) is 1. The largest absolute Gasteiger partial charge is 0.481 e. The van der Waals surface area contributed by atoms with Crippen LogP contribution >= 0.6 is 0 Å². The smallest absolute Gasteiger partial charge is 0.217 e. The van der Waals surface area contributed by atoms with Gasteiger partial charge >= 0.3 is 0 Å². The van der Waals surface area contributed by atoms with E-state index < -0.39 is 0 Å². The number of rotatable bonds is 3. The van der Waals surface area contributed by atoms with Gasteiger partial charge in [0.1, 0.15) is 0 Å². The Kier molecular flexibility index (Phi) is 4.42. The van der Waals surface area contributed by atoms with Crippen molar-refractivity contribution in [2.45, 2.75) is 13.0 Å². The molecule has 1 spiro atoms. The molecule has 0 radical (unpaired) electrons. The third-order valence-corrected chi connectivity index (χ3v) is 4.59. The average molecular weight is 291 g/mol. The lowest BCUT2D eigenvalue weighted by atomic mass is 9.87. The minimum Gasteiger partial charge on any atom is -0.481 e. The fourth-order valence-corrected chi connectivity index (χ4v) is 3.59. The van der Waals surface area contributed by atoms with Crippen LogP contribution in [0.1, 0.15) is 12.0 Å². The molecule has 0 aliphatic carbocycles. The Morgan fingerprint density at radius 3 is 3.05 bits per heavy atom. The topological polar surface area (TPSA) is 37.8 Å². The van der Waals surface area contributed by atoms with Crippen LogP contribution < -0.4 is 4.74 Å². The molecular weight excluding hydrogens is 266 g/mol. The number of ether oxygens (including phenoxy) is 2. The van der Waals surface area contributed by atoms with Crippen molar-refractivity contribution in [3.63, 3.8) is 0 Å². The molecule has 0 unspecified atom stereocenters. The Morgan fingerprint density at radius 2 is 2.29 bits per heavy atom. The highest BCUT2D eigenvalue weighted by Crippen LogP contribution is 2.33. The molecule has 1 aromatic heterocycles. The van der Waals surface area contributed by atoms with Crippen molar-refractivity contribution in [2.24, 2.45) is 5.41 Å².